The van der Waals surface area contributed by atoms with Crippen LogP contribution < -0.4 is 0 Å². The summed E-state index contributed by atoms with van der Waals surface area (Å²) in [6.45, 7) is 9.04. The number of rotatable bonds is 10. The second-order valence-corrected chi connectivity index (χ2v) is 2.79. The van der Waals surface area contributed by atoms with E-state index in [1.165, 1.54) is 0 Å². The summed E-state index contributed by atoms with van der Waals surface area (Å²) in [7, 11) is 0. The van der Waals surface area contributed by atoms with Crippen molar-refractivity contribution >= 4 is 5.97 Å². The van der Waals surface area contributed by atoms with Crippen LogP contribution >= 0.6 is 0 Å². The molecule has 1 unspecified atom stereocenters. The molecule has 0 bridgehead atoms. The van der Waals surface area contributed by atoms with Gasteiger partial charge in [-0.2, -0.15) is 0 Å². The van der Waals surface area contributed by atoms with Gasteiger partial charge in [0.05, 0.1) is 13.2 Å². The van der Waals surface area contributed by atoms with Gasteiger partial charge in [0, 0.05) is 19.3 Å². The Bertz CT molecular complexity index is 193. The maximum absolute atomic E-state index is 10.7. The molecule has 5 heteroatoms. The van der Waals surface area contributed by atoms with Gasteiger partial charge in [-0.1, -0.05) is 6.58 Å². The van der Waals surface area contributed by atoms with Gasteiger partial charge in [-0.15, -0.1) is 0 Å². The van der Waals surface area contributed by atoms with E-state index in [1.54, 1.807) is 0 Å². The van der Waals surface area contributed by atoms with Crippen molar-refractivity contribution in [3.05, 3.63) is 12.7 Å². The Morgan fingerprint density at radius 2 is 2.00 bits per heavy atom. The first-order valence-electron chi connectivity index (χ1n) is 5.34. The Morgan fingerprint density at radius 3 is 2.56 bits per heavy atom. The van der Waals surface area contributed by atoms with E-state index in [9.17, 15) is 4.79 Å². The van der Waals surface area contributed by atoms with Gasteiger partial charge in [0.25, 0.3) is 0 Å². The Labute approximate surface area is 96.3 Å². The van der Waals surface area contributed by atoms with Gasteiger partial charge in [-0.3, -0.25) is 0 Å². The highest BCUT2D eigenvalue weighted by Crippen LogP contribution is 1.96. The zero-order valence-electron chi connectivity index (χ0n) is 9.94. The molecular weight excluding hydrogens is 212 g/mol. The quantitative estimate of drug-likeness (QED) is 0.244. The van der Waals surface area contributed by atoms with Crippen molar-refractivity contribution in [2.45, 2.75) is 20.1 Å². The lowest BCUT2D eigenvalue weighted by atomic mass is 10.6. The molecule has 0 heterocycles. The molecule has 0 amide bonds. The van der Waals surface area contributed by atoms with E-state index in [1.807, 2.05) is 13.8 Å². The summed E-state index contributed by atoms with van der Waals surface area (Å²) in [6, 6.07) is 0. The van der Waals surface area contributed by atoms with Crippen LogP contribution in [0.4, 0.5) is 0 Å². The van der Waals surface area contributed by atoms with Gasteiger partial charge >= 0.3 is 5.97 Å². The molecule has 0 N–H and O–H groups in total. The van der Waals surface area contributed by atoms with Crippen molar-refractivity contribution in [2.75, 3.05) is 33.0 Å². The second-order valence-electron chi connectivity index (χ2n) is 2.79. The lowest BCUT2D eigenvalue weighted by Gasteiger charge is -2.17. The fourth-order valence-electron chi connectivity index (χ4n) is 0.925. The second kappa shape index (κ2) is 10.6. The van der Waals surface area contributed by atoms with Crippen molar-refractivity contribution in [1.29, 1.82) is 0 Å². The summed E-state index contributed by atoms with van der Waals surface area (Å²) in [5.41, 5.74) is 0. The number of hydrogen-bond donors (Lipinski definition) is 0. The highest BCUT2D eigenvalue weighted by atomic mass is 16.7. The fraction of sp³-hybridized carbons (Fsp3) is 0.727. The molecule has 0 rings (SSSR count). The largest absolute Gasteiger partial charge is 0.460 e. The van der Waals surface area contributed by atoms with Crippen molar-refractivity contribution in [3.8, 4) is 0 Å². The third-order valence-electron chi connectivity index (χ3n) is 1.61. The average Bonchev–Trinajstić information content (AvgIpc) is 2.30. The van der Waals surface area contributed by atoms with E-state index in [4.69, 9.17) is 18.9 Å². The smallest absolute Gasteiger partial charge is 0.330 e. The van der Waals surface area contributed by atoms with Crippen LogP contribution in [0.15, 0.2) is 12.7 Å². The molecule has 0 aliphatic rings. The van der Waals surface area contributed by atoms with Crippen LogP contribution in [0.2, 0.25) is 0 Å². The summed E-state index contributed by atoms with van der Waals surface area (Å²) >= 11 is 0. The summed E-state index contributed by atoms with van der Waals surface area (Å²) in [6.07, 6.45) is 0.701. The monoisotopic (exact) mass is 232 g/mol. The normalized spacial score (nSPS) is 12.1. The summed E-state index contributed by atoms with van der Waals surface area (Å²) < 4.78 is 20.5. The van der Waals surface area contributed by atoms with E-state index < -0.39 is 12.3 Å². The molecule has 0 saturated heterocycles. The van der Waals surface area contributed by atoms with Crippen molar-refractivity contribution in [3.63, 3.8) is 0 Å². The maximum Gasteiger partial charge on any atom is 0.330 e. The number of esters is 1. The maximum atomic E-state index is 10.7. The van der Waals surface area contributed by atoms with Crippen LogP contribution in [0, 0.1) is 0 Å². The lowest BCUT2D eigenvalue weighted by molar-refractivity contribution is -0.177. The molecule has 94 valence electrons. The predicted octanol–water partition coefficient (Wildman–Crippen LogP) is 1.13. The molecule has 0 aliphatic carbocycles. The molecule has 0 aromatic heterocycles. The topological polar surface area (TPSA) is 54.0 Å². The Hall–Kier alpha value is -0.910. The molecule has 0 fully saturated rings. The van der Waals surface area contributed by atoms with Crippen LogP contribution in [0.5, 0.6) is 0 Å². The van der Waals surface area contributed by atoms with Crippen LogP contribution in [-0.4, -0.2) is 45.3 Å². The Kier molecular flexibility index (Phi) is 10.00. The molecule has 1 atom stereocenters. The molecule has 0 aromatic carbocycles. The number of carbonyl (C=O) groups excluding carboxylic acids is 1. The number of ether oxygens (including phenoxy) is 4. The summed E-state index contributed by atoms with van der Waals surface area (Å²) in [5, 5.41) is 0. The fourth-order valence-corrected chi connectivity index (χ4v) is 0.925. The molecule has 16 heavy (non-hydrogen) atoms. The Morgan fingerprint density at radius 1 is 1.25 bits per heavy atom. The van der Waals surface area contributed by atoms with Gasteiger partial charge < -0.3 is 18.9 Å². The molecule has 0 aromatic rings. The highest BCUT2D eigenvalue weighted by molar-refractivity contribution is 5.81. The molecule has 0 spiro atoms. The first-order valence-corrected chi connectivity index (χ1v) is 5.34. The van der Waals surface area contributed by atoms with E-state index in [0.29, 0.717) is 19.8 Å². The number of hydrogen-bond acceptors (Lipinski definition) is 5. The van der Waals surface area contributed by atoms with Crippen LogP contribution in [-0.2, 0) is 23.7 Å². The first kappa shape index (κ1) is 15.1. The molecule has 0 radical (unpaired) electrons. The van der Waals surface area contributed by atoms with Gasteiger partial charge in [-0.05, 0) is 13.8 Å². The van der Waals surface area contributed by atoms with Gasteiger partial charge in [0.1, 0.15) is 6.61 Å². The lowest BCUT2D eigenvalue weighted by Crippen LogP contribution is -2.25. The van der Waals surface area contributed by atoms with Crippen molar-refractivity contribution in [2.24, 2.45) is 0 Å². The minimum atomic E-state index is -0.457. The van der Waals surface area contributed by atoms with Crippen molar-refractivity contribution in [1.82, 2.24) is 0 Å². The van der Waals surface area contributed by atoms with E-state index in [-0.39, 0.29) is 13.2 Å². The van der Waals surface area contributed by atoms with Gasteiger partial charge in [0.2, 0.25) is 0 Å². The zero-order chi connectivity index (χ0) is 12.2. The van der Waals surface area contributed by atoms with Crippen LogP contribution in [0.3, 0.4) is 0 Å². The first-order chi connectivity index (χ1) is 7.74. The van der Waals surface area contributed by atoms with E-state index in [0.717, 1.165) is 6.08 Å². The number of carbonyl (C=O) groups is 1. The third kappa shape index (κ3) is 8.40. The summed E-state index contributed by atoms with van der Waals surface area (Å²) in [4.78, 5) is 10.7. The Balaban J connectivity index is 3.58. The zero-order valence-corrected chi connectivity index (χ0v) is 9.94. The van der Waals surface area contributed by atoms with E-state index in [2.05, 4.69) is 6.58 Å². The van der Waals surface area contributed by atoms with Crippen molar-refractivity contribution < 1.29 is 23.7 Å². The molecule has 0 aliphatic heterocycles. The van der Waals surface area contributed by atoms with Crippen LogP contribution in [0.1, 0.15) is 13.8 Å². The highest BCUT2D eigenvalue weighted by Gasteiger charge is 2.08. The SMILES string of the molecule is C=CC(=O)OCCOC(COCC)OCC. The van der Waals surface area contributed by atoms with Gasteiger partial charge in [-0.25, -0.2) is 4.79 Å². The average molecular weight is 232 g/mol. The predicted molar refractivity (Wildman–Crippen MR) is 59.0 cm³/mol. The standard InChI is InChI=1S/C11H20O5/c1-4-10(12)15-7-8-16-11(14-6-3)9-13-5-2/h4,11H,1,5-9H2,2-3H3. The molecule has 5 nitrogen and oxygen atoms in total. The molecular formula is C11H20O5. The minimum Gasteiger partial charge on any atom is -0.460 e. The summed E-state index contributed by atoms with van der Waals surface area (Å²) in [5.74, 6) is -0.457. The van der Waals surface area contributed by atoms with E-state index >= 15 is 0 Å². The van der Waals surface area contributed by atoms with Crippen LogP contribution in [0.25, 0.3) is 0 Å². The molecule has 0 saturated carbocycles. The minimum absolute atomic E-state index is 0.181. The van der Waals surface area contributed by atoms with Gasteiger partial charge in [0.15, 0.2) is 6.29 Å². The third-order valence-corrected chi connectivity index (χ3v) is 1.61.